The summed E-state index contributed by atoms with van der Waals surface area (Å²) in [5.41, 5.74) is 7.96. The lowest BCUT2D eigenvalue weighted by atomic mass is 9.95. The van der Waals surface area contributed by atoms with Crippen molar-refractivity contribution >= 4 is 5.71 Å². The Bertz CT molecular complexity index is 257. The lowest BCUT2D eigenvalue weighted by Crippen LogP contribution is -2.08. The molecule has 1 aliphatic carbocycles. The Morgan fingerprint density at radius 1 is 1.33 bits per heavy atom. The highest BCUT2D eigenvalue weighted by molar-refractivity contribution is 6.05. The molecule has 0 unspecified atom stereocenters. The summed E-state index contributed by atoms with van der Waals surface area (Å²) in [4.78, 5) is 0. The average Bonchev–Trinajstić information content (AvgIpc) is 2.75. The summed E-state index contributed by atoms with van der Waals surface area (Å²) in [6.45, 7) is 6.50. The second-order valence-corrected chi connectivity index (χ2v) is 4.01. The first-order chi connectivity index (χ1) is 5.70. The Labute approximate surface area is 73.7 Å². The van der Waals surface area contributed by atoms with E-state index in [0.29, 0.717) is 5.92 Å². The summed E-state index contributed by atoms with van der Waals surface area (Å²) in [6, 6.07) is 0. The Balaban J connectivity index is 2.24. The maximum atomic E-state index is 4.25. The van der Waals surface area contributed by atoms with E-state index in [1.807, 2.05) is 0 Å². The van der Waals surface area contributed by atoms with Crippen LogP contribution in [0.2, 0.25) is 0 Å². The zero-order chi connectivity index (χ0) is 8.72. The van der Waals surface area contributed by atoms with Gasteiger partial charge in [0.25, 0.3) is 0 Å². The number of rotatable bonds is 2. The van der Waals surface area contributed by atoms with Crippen LogP contribution in [-0.4, -0.2) is 5.71 Å². The van der Waals surface area contributed by atoms with Gasteiger partial charge in [-0.2, -0.15) is 10.5 Å². The van der Waals surface area contributed by atoms with Gasteiger partial charge in [-0.15, -0.1) is 0 Å². The molecule has 12 heavy (non-hydrogen) atoms. The van der Waals surface area contributed by atoms with E-state index in [4.69, 9.17) is 0 Å². The van der Waals surface area contributed by atoms with Crippen LogP contribution in [0, 0.1) is 11.8 Å². The monoisotopic (exact) mass is 163 g/mol. The third-order valence-corrected chi connectivity index (χ3v) is 2.51. The molecular formula is C10H15N2. The molecule has 65 valence electrons. The van der Waals surface area contributed by atoms with E-state index in [1.54, 1.807) is 0 Å². The number of allylic oxidation sites excluding steroid dienone is 2. The van der Waals surface area contributed by atoms with Crippen LogP contribution in [0.15, 0.2) is 16.4 Å². The molecule has 1 heterocycles. The highest BCUT2D eigenvalue weighted by Gasteiger charge is 2.34. The molecule has 1 radical (unpaired) electrons. The van der Waals surface area contributed by atoms with Crippen LogP contribution in [0.3, 0.4) is 0 Å². The maximum Gasteiger partial charge on any atom is 0.0714 e. The molecule has 1 saturated carbocycles. The molecule has 0 bridgehead atoms. The van der Waals surface area contributed by atoms with Gasteiger partial charge in [0.05, 0.1) is 11.4 Å². The highest BCUT2D eigenvalue weighted by Crippen LogP contribution is 2.37. The van der Waals surface area contributed by atoms with Crippen molar-refractivity contribution in [1.82, 2.24) is 5.43 Å². The second kappa shape index (κ2) is 2.61. The first-order valence-corrected chi connectivity index (χ1v) is 4.70. The van der Waals surface area contributed by atoms with Crippen LogP contribution < -0.4 is 5.43 Å². The molecular weight excluding hydrogens is 148 g/mol. The average molecular weight is 163 g/mol. The highest BCUT2D eigenvalue weighted by atomic mass is 15.3. The van der Waals surface area contributed by atoms with Crippen LogP contribution in [0.1, 0.15) is 33.6 Å². The second-order valence-electron chi connectivity index (χ2n) is 4.01. The van der Waals surface area contributed by atoms with Crippen LogP contribution >= 0.6 is 0 Å². The number of hydrogen-bond acceptors (Lipinski definition) is 1. The Morgan fingerprint density at radius 2 is 2.00 bits per heavy atom. The van der Waals surface area contributed by atoms with Crippen LogP contribution in [0.25, 0.3) is 0 Å². The lowest BCUT2D eigenvalue weighted by molar-refractivity contribution is 0.778. The van der Waals surface area contributed by atoms with Crippen molar-refractivity contribution < 1.29 is 0 Å². The van der Waals surface area contributed by atoms with Crippen molar-refractivity contribution in [3.8, 4) is 0 Å². The topological polar surface area (TPSA) is 26.5 Å². The predicted molar refractivity (Wildman–Crippen MR) is 49.8 cm³/mol. The van der Waals surface area contributed by atoms with Crippen molar-refractivity contribution in [2.75, 3.05) is 0 Å². The zero-order valence-electron chi connectivity index (χ0n) is 7.96. The van der Waals surface area contributed by atoms with E-state index >= 15 is 0 Å². The van der Waals surface area contributed by atoms with E-state index < -0.39 is 0 Å². The molecule has 1 aliphatic heterocycles. The Kier molecular flexibility index (Phi) is 1.71. The van der Waals surface area contributed by atoms with Crippen molar-refractivity contribution in [2.24, 2.45) is 16.9 Å². The minimum atomic E-state index is 0.579. The van der Waals surface area contributed by atoms with Gasteiger partial charge in [0.1, 0.15) is 0 Å². The zero-order valence-corrected chi connectivity index (χ0v) is 7.96. The van der Waals surface area contributed by atoms with E-state index in [1.165, 1.54) is 24.1 Å². The minimum absolute atomic E-state index is 0.579. The molecule has 0 aromatic rings. The van der Waals surface area contributed by atoms with Gasteiger partial charge in [-0.05, 0) is 25.7 Å². The van der Waals surface area contributed by atoms with Gasteiger partial charge >= 0.3 is 0 Å². The van der Waals surface area contributed by atoms with Gasteiger partial charge < -0.3 is 0 Å². The van der Waals surface area contributed by atoms with E-state index in [9.17, 15) is 0 Å². The summed E-state index contributed by atoms with van der Waals surface area (Å²) >= 11 is 0. The van der Waals surface area contributed by atoms with Crippen molar-refractivity contribution in [3.63, 3.8) is 0 Å². The molecule has 2 nitrogen and oxygen atoms in total. The molecule has 0 N–H and O–H groups in total. The standard InChI is InChI=1S/C10H15N2/c1-6(2)9-7(3)11-12-10(9)8-4-5-8/h6,8H,4-5H2,1-3H3. The molecule has 0 aromatic carbocycles. The molecule has 0 aromatic heterocycles. The van der Waals surface area contributed by atoms with E-state index in [-0.39, 0.29) is 0 Å². The van der Waals surface area contributed by atoms with E-state index in [0.717, 1.165) is 11.6 Å². The molecule has 0 amide bonds. The van der Waals surface area contributed by atoms with Gasteiger partial charge in [0.2, 0.25) is 0 Å². The summed E-state index contributed by atoms with van der Waals surface area (Å²) in [7, 11) is 0. The third kappa shape index (κ3) is 1.15. The van der Waals surface area contributed by atoms with Crippen molar-refractivity contribution in [3.05, 3.63) is 11.3 Å². The predicted octanol–water partition coefficient (Wildman–Crippen LogP) is 2.30. The maximum absolute atomic E-state index is 4.25. The smallest absolute Gasteiger partial charge is 0.0714 e. The quantitative estimate of drug-likeness (QED) is 0.597. The van der Waals surface area contributed by atoms with Gasteiger partial charge in [-0.25, -0.2) is 0 Å². The number of nitrogens with zero attached hydrogens (tertiary/aromatic N) is 2. The van der Waals surface area contributed by atoms with Gasteiger partial charge in [-0.1, -0.05) is 13.8 Å². The molecule has 2 rings (SSSR count). The normalized spacial score (nSPS) is 23.2. The largest absolute Gasteiger partial charge is 0.155 e. The van der Waals surface area contributed by atoms with Crippen molar-refractivity contribution in [1.29, 1.82) is 0 Å². The molecule has 0 atom stereocenters. The lowest BCUT2D eigenvalue weighted by Gasteiger charge is -2.08. The molecule has 2 heteroatoms. The molecule has 1 fully saturated rings. The first-order valence-electron chi connectivity index (χ1n) is 4.70. The van der Waals surface area contributed by atoms with Crippen LogP contribution in [-0.2, 0) is 0 Å². The Hall–Kier alpha value is -0.790. The molecule has 0 spiro atoms. The minimum Gasteiger partial charge on any atom is -0.155 e. The summed E-state index contributed by atoms with van der Waals surface area (Å²) in [5.74, 6) is 1.32. The summed E-state index contributed by atoms with van der Waals surface area (Å²) in [5, 5.41) is 4.25. The number of hydrogen-bond donors (Lipinski definition) is 0. The van der Waals surface area contributed by atoms with Crippen molar-refractivity contribution in [2.45, 2.75) is 33.6 Å². The van der Waals surface area contributed by atoms with Gasteiger partial charge in [-0.3, -0.25) is 0 Å². The van der Waals surface area contributed by atoms with Gasteiger partial charge in [0.15, 0.2) is 0 Å². The van der Waals surface area contributed by atoms with Crippen LogP contribution in [0.4, 0.5) is 0 Å². The van der Waals surface area contributed by atoms with E-state index in [2.05, 4.69) is 31.3 Å². The fourth-order valence-electron chi connectivity index (χ4n) is 1.79. The third-order valence-electron chi connectivity index (χ3n) is 2.51. The van der Waals surface area contributed by atoms with Crippen LogP contribution in [0.5, 0.6) is 0 Å². The molecule has 2 aliphatic rings. The fraction of sp³-hybridized carbons (Fsp3) is 0.700. The summed E-state index contributed by atoms with van der Waals surface area (Å²) < 4.78 is 0. The molecule has 0 saturated heterocycles. The first kappa shape index (κ1) is 7.84. The van der Waals surface area contributed by atoms with Gasteiger partial charge in [0, 0.05) is 11.5 Å². The Morgan fingerprint density at radius 3 is 2.50 bits per heavy atom. The fourth-order valence-corrected chi connectivity index (χ4v) is 1.79. The SMILES string of the molecule is CC1=C(C(C)C)C(C2CC2)=N[N]1. The summed E-state index contributed by atoms with van der Waals surface area (Å²) in [6.07, 6.45) is 2.63.